The highest BCUT2D eigenvalue weighted by molar-refractivity contribution is 9.10. The minimum absolute atomic E-state index is 0.304. The zero-order valence-corrected chi connectivity index (χ0v) is 14.2. The van der Waals surface area contributed by atoms with Crippen molar-refractivity contribution in [3.05, 3.63) is 51.8 Å². The molecule has 1 aromatic carbocycles. The Kier molecular flexibility index (Phi) is 4.45. The number of halogens is 1. The Bertz CT molecular complexity index is 601. The minimum atomic E-state index is 0.304. The van der Waals surface area contributed by atoms with E-state index in [0.717, 1.165) is 11.0 Å². The lowest BCUT2D eigenvalue weighted by molar-refractivity contribution is 0.389. The first-order valence-corrected chi connectivity index (χ1v) is 8.50. The predicted octanol–water partition coefficient (Wildman–Crippen LogP) is 3.95. The molecule has 0 radical (unpaired) electrons. The second-order valence-electron chi connectivity index (χ2n) is 5.73. The molecule has 1 heterocycles. The molecule has 4 heteroatoms. The van der Waals surface area contributed by atoms with E-state index in [9.17, 15) is 0 Å². The third kappa shape index (κ3) is 2.79. The molecule has 2 aromatic rings. The van der Waals surface area contributed by atoms with Crippen LogP contribution in [0.4, 0.5) is 0 Å². The van der Waals surface area contributed by atoms with E-state index in [1.807, 2.05) is 17.9 Å². The summed E-state index contributed by atoms with van der Waals surface area (Å²) in [5.41, 5.74) is 4.26. The van der Waals surface area contributed by atoms with Gasteiger partial charge in [0.25, 0.3) is 0 Å². The first-order valence-electron chi connectivity index (χ1n) is 7.71. The van der Waals surface area contributed by atoms with Crippen LogP contribution in [0.3, 0.4) is 0 Å². The lowest BCUT2D eigenvalue weighted by Crippen LogP contribution is -2.31. The van der Waals surface area contributed by atoms with E-state index in [4.69, 9.17) is 0 Å². The third-order valence-electron chi connectivity index (χ3n) is 4.47. The van der Waals surface area contributed by atoms with Gasteiger partial charge in [0, 0.05) is 13.0 Å². The van der Waals surface area contributed by atoms with Gasteiger partial charge in [-0.3, -0.25) is 4.68 Å². The van der Waals surface area contributed by atoms with Crippen molar-refractivity contribution in [2.24, 2.45) is 7.05 Å². The first-order chi connectivity index (χ1) is 10.2. The summed E-state index contributed by atoms with van der Waals surface area (Å²) in [5, 5.41) is 8.09. The topological polar surface area (TPSA) is 29.9 Å². The molecule has 0 saturated heterocycles. The summed E-state index contributed by atoms with van der Waals surface area (Å²) >= 11 is 3.67. The van der Waals surface area contributed by atoms with Gasteiger partial charge in [-0.1, -0.05) is 31.2 Å². The van der Waals surface area contributed by atoms with Crippen LogP contribution in [0.1, 0.15) is 48.5 Å². The summed E-state index contributed by atoms with van der Waals surface area (Å²) in [4.78, 5) is 0. The van der Waals surface area contributed by atoms with Crippen LogP contribution >= 0.6 is 15.9 Å². The zero-order valence-electron chi connectivity index (χ0n) is 12.6. The van der Waals surface area contributed by atoms with E-state index in [1.54, 1.807) is 0 Å². The van der Waals surface area contributed by atoms with Crippen LogP contribution in [0.5, 0.6) is 0 Å². The highest BCUT2D eigenvalue weighted by Crippen LogP contribution is 2.41. The van der Waals surface area contributed by atoms with Crippen molar-refractivity contribution < 1.29 is 0 Å². The zero-order chi connectivity index (χ0) is 14.8. The molecule has 21 heavy (non-hydrogen) atoms. The van der Waals surface area contributed by atoms with E-state index in [-0.39, 0.29) is 0 Å². The number of nitrogens with zero attached hydrogens (tertiary/aromatic N) is 2. The Hall–Kier alpha value is -1.13. The van der Waals surface area contributed by atoms with Crippen LogP contribution < -0.4 is 5.32 Å². The smallest absolute Gasteiger partial charge is 0.0698 e. The van der Waals surface area contributed by atoms with Gasteiger partial charge in [0.15, 0.2) is 0 Å². The summed E-state index contributed by atoms with van der Waals surface area (Å²) in [6.07, 6.45) is 5.60. The number of rotatable bonds is 4. The van der Waals surface area contributed by atoms with Crippen molar-refractivity contribution in [1.29, 1.82) is 0 Å². The van der Waals surface area contributed by atoms with E-state index in [1.165, 1.54) is 36.1 Å². The van der Waals surface area contributed by atoms with Crippen molar-refractivity contribution >= 4 is 15.9 Å². The molecule has 0 saturated carbocycles. The fourth-order valence-corrected chi connectivity index (χ4v) is 4.15. The van der Waals surface area contributed by atoms with Crippen molar-refractivity contribution in [2.75, 3.05) is 6.54 Å². The number of likely N-dealkylation sites (N-methyl/N-ethyl adjacent to an activating group) is 1. The third-order valence-corrected chi connectivity index (χ3v) is 5.09. The number of aromatic nitrogens is 2. The fourth-order valence-electron chi connectivity index (χ4n) is 3.56. The SMILES string of the molecule is CCNC(c1c(Br)cnn1C)C1CCCc2ccccc21. The van der Waals surface area contributed by atoms with E-state index in [0.29, 0.717) is 12.0 Å². The molecule has 2 atom stereocenters. The van der Waals surface area contributed by atoms with E-state index in [2.05, 4.69) is 57.5 Å². The number of hydrogen-bond acceptors (Lipinski definition) is 2. The molecule has 1 N–H and O–H groups in total. The Morgan fingerprint density at radius 3 is 2.95 bits per heavy atom. The van der Waals surface area contributed by atoms with Gasteiger partial charge in [-0.05, 0) is 52.9 Å². The molecule has 0 amide bonds. The summed E-state index contributed by atoms with van der Waals surface area (Å²) in [6, 6.07) is 9.21. The van der Waals surface area contributed by atoms with Crippen molar-refractivity contribution in [3.63, 3.8) is 0 Å². The number of fused-ring (bicyclic) bond motifs is 1. The number of benzene rings is 1. The van der Waals surface area contributed by atoms with Crippen LogP contribution in [-0.2, 0) is 13.5 Å². The van der Waals surface area contributed by atoms with Gasteiger partial charge in [-0.25, -0.2) is 0 Å². The second kappa shape index (κ2) is 6.32. The van der Waals surface area contributed by atoms with Crippen LogP contribution in [-0.4, -0.2) is 16.3 Å². The van der Waals surface area contributed by atoms with Gasteiger partial charge in [-0.2, -0.15) is 5.10 Å². The second-order valence-corrected chi connectivity index (χ2v) is 6.59. The number of nitrogens with one attached hydrogen (secondary N) is 1. The Morgan fingerprint density at radius 1 is 1.43 bits per heavy atom. The molecule has 0 bridgehead atoms. The predicted molar refractivity (Wildman–Crippen MR) is 89.4 cm³/mol. The molecule has 0 spiro atoms. The summed E-state index contributed by atoms with van der Waals surface area (Å²) in [7, 11) is 2.03. The van der Waals surface area contributed by atoms with Crippen LogP contribution in [0, 0.1) is 0 Å². The first kappa shape index (κ1) is 14.8. The monoisotopic (exact) mass is 347 g/mol. The molecule has 2 unspecified atom stereocenters. The lowest BCUT2D eigenvalue weighted by atomic mass is 9.78. The van der Waals surface area contributed by atoms with Crippen LogP contribution in [0.25, 0.3) is 0 Å². The molecule has 0 aliphatic heterocycles. The van der Waals surface area contributed by atoms with Gasteiger partial charge in [0.2, 0.25) is 0 Å². The largest absolute Gasteiger partial charge is 0.308 e. The maximum absolute atomic E-state index is 4.40. The average molecular weight is 348 g/mol. The summed E-state index contributed by atoms with van der Waals surface area (Å²) in [5.74, 6) is 0.515. The van der Waals surface area contributed by atoms with Gasteiger partial charge in [-0.15, -0.1) is 0 Å². The van der Waals surface area contributed by atoms with Crippen LogP contribution in [0.2, 0.25) is 0 Å². The normalized spacial score (nSPS) is 19.3. The highest BCUT2D eigenvalue weighted by Gasteiger charge is 2.31. The minimum Gasteiger partial charge on any atom is -0.308 e. The molecule has 1 aliphatic rings. The molecular weight excluding hydrogens is 326 g/mol. The van der Waals surface area contributed by atoms with Gasteiger partial charge in [0.05, 0.1) is 22.4 Å². The number of hydrogen-bond donors (Lipinski definition) is 1. The summed E-state index contributed by atoms with van der Waals surface area (Å²) < 4.78 is 3.09. The van der Waals surface area contributed by atoms with Gasteiger partial charge < -0.3 is 5.32 Å². The molecule has 1 aromatic heterocycles. The lowest BCUT2D eigenvalue weighted by Gasteiger charge is -2.33. The Morgan fingerprint density at radius 2 is 2.24 bits per heavy atom. The maximum atomic E-state index is 4.40. The molecular formula is C17H22BrN3. The van der Waals surface area contributed by atoms with Crippen LogP contribution in [0.15, 0.2) is 34.9 Å². The maximum Gasteiger partial charge on any atom is 0.0698 e. The molecule has 0 fully saturated rings. The number of aryl methyl sites for hydroxylation is 2. The Balaban J connectivity index is 2.03. The van der Waals surface area contributed by atoms with Crippen molar-refractivity contribution in [2.45, 2.75) is 38.1 Å². The molecule has 3 rings (SSSR count). The summed E-state index contributed by atoms with van der Waals surface area (Å²) in [6.45, 7) is 3.13. The van der Waals surface area contributed by atoms with E-state index >= 15 is 0 Å². The van der Waals surface area contributed by atoms with Crippen molar-refractivity contribution in [3.8, 4) is 0 Å². The van der Waals surface area contributed by atoms with E-state index < -0.39 is 0 Å². The molecule has 3 nitrogen and oxygen atoms in total. The molecule has 112 valence electrons. The molecule has 1 aliphatic carbocycles. The fraction of sp³-hybridized carbons (Fsp3) is 0.471. The van der Waals surface area contributed by atoms with Gasteiger partial charge in [0.1, 0.15) is 0 Å². The quantitative estimate of drug-likeness (QED) is 0.907. The Labute approximate surface area is 134 Å². The van der Waals surface area contributed by atoms with Gasteiger partial charge >= 0.3 is 0 Å². The standard InChI is InChI=1S/C17H22BrN3/c1-3-19-16(17-15(18)11-20-21(17)2)14-10-6-8-12-7-4-5-9-13(12)14/h4-5,7,9,11,14,16,19H,3,6,8,10H2,1-2H3. The highest BCUT2D eigenvalue weighted by atomic mass is 79.9. The van der Waals surface area contributed by atoms with Crippen molar-refractivity contribution in [1.82, 2.24) is 15.1 Å². The average Bonchev–Trinajstić information content (AvgIpc) is 2.84.